The van der Waals surface area contributed by atoms with Gasteiger partial charge in [0.15, 0.2) is 11.8 Å². The molecule has 1 aliphatic rings. The molecular formula is C21H35N7O2. The van der Waals surface area contributed by atoms with Crippen LogP contribution in [0.1, 0.15) is 43.6 Å². The van der Waals surface area contributed by atoms with Gasteiger partial charge < -0.3 is 24.4 Å². The molecule has 1 unspecified atom stereocenters. The minimum Gasteiger partial charge on any atom is -0.467 e. The average molecular weight is 418 g/mol. The summed E-state index contributed by atoms with van der Waals surface area (Å²) in [6, 6.07) is 4.36. The molecule has 3 rings (SSSR count). The zero-order valence-electron chi connectivity index (χ0n) is 18.4. The summed E-state index contributed by atoms with van der Waals surface area (Å²) in [5.41, 5.74) is 0. The summed E-state index contributed by atoms with van der Waals surface area (Å²) in [6.45, 7) is 9.79. The molecule has 1 atom stereocenters. The number of likely N-dealkylation sites (N-methyl/N-ethyl adjacent to an activating group) is 1. The Kier molecular flexibility index (Phi) is 8.70. The van der Waals surface area contributed by atoms with Crippen molar-refractivity contribution in [2.45, 2.75) is 52.3 Å². The first-order chi connectivity index (χ1) is 14.7. The van der Waals surface area contributed by atoms with Gasteiger partial charge in [-0.2, -0.15) is 0 Å². The predicted octanol–water partition coefficient (Wildman–Crippen LogP) is 1.84. The lowest BCUT2D eigenvalue weighted by Gasteiger charge is -2.24. The van der Waals surface area contributed by atoms with Crippen molar-refractivity contribution in [3.63, 3.8) is 0 Å². The summed E-state index contributed by atoms with van der Waals surface area (Å²) in [4.78, 5) is 7.26. The Bertz CT molecular complexity index is 772. The number of hydrogen-bond donors (Lipinski definition) is 2. The fourth-order valence-corrected chi connectivity index (χ4v) is 3.62. The molecule has 0 spiro atoms. The van der Waals surface area contributed by atoms with Crippen LogP contribution in [0.5, 0.6) is 0 Å². The number of ether oxygens (including phenoxy) is 1. The van der Waals surface area contributed by atoms with Crippen LogP contribution in [0.4, 0.5) is 0 Å². The molecule has 2 aromatic rings. The fourth-order valence-electron chi connectivity index (χ4n) is 3.62. The third kappa shape index (κ3) is 6.56. The lowest BCUT2D eigenvalue weighted by Crippen LogP contribution is -2.45. The number of guanidine groups is 1. The molecule has 0 amide bonds. The van der Waals surface area contributed by atoms with Gasteiger partial charge in [-0.3, -0.25) is 4.90 Å². The third-order valence-corrected chi connectivity index (χ3v) is 5.55. The van der Waals surface area contributed by atoms with Gasteiger partial charge in [0.25, 0.3) is 0 Å². The number of hydrogen-bond acceptors (Lipinski definition) is 6. The van der Waals surface area contributed by atoms with Crippen molar-refractivity contribution >= 4 is 5.96 Å². The zero-order valence-corrected chi connectivity index (χ0v) is 18.4. The maximum absolute atomic E-state index is 5.66. The summed E-state index contributed by atoms with van der Waals surface area (Å²) in [7, 11) is 1.97. The first-order valence-corrected chi connectivity index (χ1v) is 10.9. The number of aliphatic imine (C=N–C) groups is 1. The van der Waals surface area contributed by atoms with Crippen LogP contribution in [0.2, 0.25) is 0 Å². The van der Waals surface area contributed by atoms with E-state index in [1.165, 1.54) is 19.4 Å². The zero-order chi connectivity index (χ0) is 21.2. The average Bonchev–Trinajstić information content (AvgIpc) is 3.49. The second kappa shape index (κ2) is 11.7. The quantitative estimate of drug-likeness (QED) is 0.327. The Morgan fingerprint density at radius 1 is 1.37 bits per heavy atom. The van der Waals surface area contributed by atoms with Crippen LogP contribution in [0.15, 0.2) is 27.8 Å². The number of rotatable bonds is 11. The number of nitrogens with zero attached hydrogens (tertiary/aromatic N) is 5. The second-order valence-corrected chi connectivity index (χ2v) is 7.61. The standard InChI is InChI=1S/C21H35N7O2/c1-4-28-11-5-8-18(28)14-23-21(24-15-20-26-25-17(2)27(20)3)22-10-7-12-29-16-19-9-6-13-30-19/h6,9,13,18H,4-5,7-8,10-12,14-16H2,1-3H3,(H2,22,23,24). The van der Waals surface area contributed by atoms with Crippen molar-refractivity contribution in [1.29, 1.82) is 0 Å². The first kappa shape index (κ1) is 22.3. The molecule has 3 heterocycles. The number of aryl methyl sites for hydroxylation is 1. The molecule has 1 fully saturated rings. The van der Waals surface area contributed by atoms with Crippen molar-refractivity contribution in [3.8, 4) is 0 Å². The minimum atomic E-state index is 0.490. The molecule has 1 aliphatic heterocycles. The van der Waals surface area contributed by atoms with E-state index in [2.05, 4.69) is 32.7 Å². The molecule has 0 aromatic carbocycles. The van der Waals surface area contributed by atoms with Crippen LogP contribution in [0.3, 0.4) is 0 Å². The Hall–Kier alpha value is -2.39. The van der Waals surface area contributed by atoms with E-state index in [9.17, 15) is 0 Å². The molecule has 9 heteroatoms. The number of furan rings is 1. The molecule has 0 radical (unpaired) electrons. The highest BCUT2D eigenvalue weighted by molar-refractivity contribution is 5.79. The summed E-state index contributed by atoms with van der Waals surface area (Å²) >= 11 is 0. The Morgan fingerprint density at radius 2 is 2.27 bits per heavy atom. The molecule has 0 saturated carbocycles. The van der Waals surface area contributed by atoms with Crippen LogP contribution in [-0.2, 0) is 24.9 Å². The Balaban J connectivity index is 1.46. The molecule has 1 saturated heterocycles. The van der Waals surface area contributed by atoms with E-state index in [-0.39, 0.29) is 0 Å². The van der Waals surface area contributed by atoms with E-state index in [1.807, 2.05) is 30.7 Å². The van der Waals surface area contributed by atoms with Crippen LogP contribution in [0, 0.1) is 6.92 Å². The third-order valence-electron chi connectivity index (χ3n) is 5.55. The van der Waals surface area contributed by atoms with Crippen LogP contribution in [0.25, 0.3) is 0 Å². The van der Waals surface area contributed by atoms with Gasteiger partial charge in [0, 0.05) is 32.8 Å². The van der Waals surface area contributed by atoms with Gasteiger partial charge in [-0.25, -0.2) is 4.99 Å². The van der Waals surface area contributed by atoms with E-state index in [0.29, 0.717) is 25.8 Å². The topological polar surface area (TPSA) is 92.7 Å². The summed E-state index contributed by atoms with van der Waals surface area (Å²) in [5.74, 6) is 3.40. The van der Waals surface area contributed by atoms with Gasteiger partial charge in [0.1, 0.15) is 24.7 Å². The van der Waals surface area contributed by atoms with E-state index in [0.717, 1.165) is 49.4 Å². The summed E-state index contributed by atoms with van der Waals surface area (Å²) in [5, 5.41) is 15.3. The molecule has 2 aromatic heterocycles. The van der Waals surface area contributed by atoms with E-state index in [1.54, 1.807) is 6.26 Å². The molecule has 2 N–H and O–H groups in total. The first-order valence-electron chi connectivity index (χ1n) is 10.9. The van der Waals surface area contributed by atoms with E-state index in [4.69, 9.17) is 14.1 Å². The monoisotopic (exact) mass is 417 g/mol. The van der Waals surface area contributed by atoms with Crippen LogP contribution in [-0.4, -0.2) is 64.5 Å². The largest absolute Gasteiger partial charge is 0.467 e. The van der Waals surface area contributed by atoms with Crippen molar-refractivity contribution in [2.75, 3.05) is 32.8 Å². The summed E-state index contributed by atoms with van der Waals surface area (Å²) in [6.07, 6.45) is 5.05. The van der Waals surface area contributed by atoms with Gasteiger partial charge in [-0.05, 0) is 51.4 Å². The van der Waals surface area contributed by atoms with Crippen LogP contribution < -0.4 is 10.6 Å². The molecule has 0 aliphatic carbocycles. The lowest BCUT2D eigenvalue weighted by molar-refractivity contribution is 0.105. The maximum Gasteiger partial charge on any atom is 0.191 e. The van der Waals surface area contributed by atoms with Crippen molar-refractivity contribution in [1.82, 2.24) is 30.3 Å². The fraction of sp³-hybridized carbons (Fsp3) is 0.667. The predicted molar refractivity (Wildman–Crippen MR) is 116 cm³/mol. The molecule has 30 heavy (non-hydrogen) atoms. The normalized spacial score (nSPS) is 17.6. The SMILES string of the molecule is CCN1CCCC1CNC(=NCc1nnc(C)n1C)NCCCOCc1ccco1. The smallest absolute Gasteiger partial charge is 0.191 e. The minimum absolute atomic E-state index is 0.490. The summed E-state index contributed by atoms with van der Waals surface area (Å²) < 4.78 is 12.9. The Labute approximate surface area is 178 Å². The van der Waals surface area contributed by atoms with Gasteiger partial charge in [0.05, 0.1) is 6.26 Å². The Morgan fingerprint density at radius 3 is 3.00 bits per heavy atom. The van der Waals surface area contributed by atoms with Crippen molar-refractivity contribution in [3.05, 3.63) is 35.8 Å². The highest BCUT2D eigenvalue weighted by Crippen LogP contribution is 2.15. The van der Waals surface area contributed by atoms with E-state index >= 15 is 0 Å². The highest BCUT2D eigenvalue weighted by Gasteiger charge is 2.22. The highest BCUT2D eigenvalue weighted by atomic mass is 16.5. The second-order valence-electron chi connectivity index (χ2n) is 7.61. The van der Waals surface area contributed by atoms with Crippen molar-refractivity contribution < 1.29 is 9.15 Å². The van der Waals surface area contributed by atoms with E-state index < -0.39 is 0 Å². The maximum atomic E-state index is 5.66. The van der Waals surface area contributed by atoms with Gasteiger partial charge >= 0.3 is 0 Å². The van der Waals surface area contributed by atoms with Gasteiger partial charge in [-0.15, -0.1) is 10.2 Å². The molecule has 0 bridgehead atoms. The number of likely N-dealkylation sites (tertiary alicyclic amines) is 1. The molecule has 166 valence electrons. The number of aromatic nitrogens is 3. The van der Waals surface area contributed by atoms with Crippen molar-refractivity contribution in [2.24, 2.45) is 12.0 Å². The molecular weight excluding hydrogens is 382 g/mol. The van der Waals surface area contributed by atoms with Gasteiger partial charge in [0.2, 0.25) is 0 Å². The molecule has 9 nitrogen and oxygen atoms in total. The lowest BCUT2D eigenvalue weighted by atomic mass is 10.2. The number of nitrogens with one attached hydrogen (secondary N) is 2. The van der Waals surface area contributed by atoms with Crippen LogP contribution >= 0.6 is 0 Å². The van der Waals surface area contributed by atoms with Gasteiger partial charge in [-0.1, -0.05) is 6.92 Å².